The van der Waals surface area contributed by atoms with Gasteiger partial charge in [0.15, 0.2) is 0 Å². The van der Waals surface area contributed by atoms with Gasteiger partial charge in [0.25, 0.3) is 5.91 Å². The Morgan fingerprint density at radius 2 is 1.85 bits per heavy atom. The van der Waals surface area contributed by atoms with Crippen molar-refractivity contribution in [3.05, 3.63) is 35.7 Å². The minimum absolute atomic E-state index is 0.112. The molecule has 1 aromatic heterocycles. The fraction of sp³-hybridized carbons (Fsp3) is 0.400. The first-order chi connectivity index (χ1) is 9.74. The van der Waals surface area contributed by atoms with E-state index in [9.17, 15) is 4.79 Å². The van der Waals surface area contributed by atoms with Crippen molar-refractivity contribution in [2.45, 2.75) is 26.2 Å². The van der Waals surface area contributed by atoms with Gasteiger partial charge in [0, 0.05) is 31.1 Å². The van der Waals surface area contributed by atoms with E-state index >= 15 is 0 Å². The summed E-state index contributed by atoms with van der Waals surface area (Å²) in [6, 6.07) is 7.39. The lowest BCUT2D eigenvalue weighted by Crippen LogP contribution is -2.35. The van der Waals surface area contributed by atoms with Crippen LogP contribution in [0.15, 0.2) is 28.8 Å². The highest BCUT2D eigenvalue weighted by Gasteiger charge is 2.18. The Hall–Kier alpha value is -2.17. The molecule has 0 atom stereocenters. The molecule has 0 saturated carbocycles. The fourth-order valence-corrected chi connectivity index (χ4v) is 2.46. The number of nitrogens with zero attached hydrogens (tertiary/aromatic N) is 3. The molecule has 0 bridgehead atoms. The summed E-state index contributed by atoms with van der Waals surface area (Å²) in [6.45, 7) is 3.49. The van der Waals surface area contributed by atoms with Crippen LogP contribution in [0, 0.1) is 6.92 Å². The standard InChI is InChI=1S/C15H17N3O2/c1-11-16-14(17-20-11)12-5-7-13(8-6-12)15(19)18-9-3-2-4-10-18/h5-8H,2-4,9-10H2,1H3. The molecule has 0 aliphatic carbocycles. The zero-order valence-electron chi connectivity index (χ0n) is 11.5. The number of hydrogen-bond acceptors (Lipinski definition) is 4. The number of carbonyl (C=O) groups is 1. The normalized spacial score (nSPS) is 15.3. The van der Waals surface area contributed by atoms with Crippen molar-refractivity contribution in [3.63, 3.8) is 0 Å². The average Bonchev–Trinajstić information content (AvgIpc) is 2.94. The van der Waals surface area contributed by atoms with Crippen LogP contribution in [0.5, 0.6) is 0 Å². The summed E-state index contributed by atoms with van der Waals surface area (Å²) < 4.78 is 4.96. The lowest BCUT2D eigenvalue weighted by Gasteiger charge is -2.26. The summed E-state index contributed by atoms with van der Waals surface area (Å²) in [4.78, 5) is 18.4. The third kappa shape index (κ3) is 2.57. The van der Waals surface area contributed by atoms with E-state index in [4.69, 9.17) is 4.52 Å². The van der Waals surface area contributed by atoms with E-state index in [1.165, 1.54) is 6.42 Å². The number of carbonyl (C=O) groups excluding carboxylic acids is 1. The predicted octanol–water partition coefficient (Wildman–Crippen LogP) is 2.67. The Bertz CT molecular complexity index is 598. The molecule has 0 radical (unpaired) electrons. The highest BCUT2D eigenvalue weighted by molar-refractivity contribution is 5.94. The van der Waals surface area contributed by atoms with Crippen molar-refractivity contribution in [1.82, 2.24) is 15.0 Å². The number of aromatic nitrogens is 2. The lowest BCUT2D eigenvalue weighted by atomic mass is 10.1. The Morgan fingerprint density at radius 1 is 1.15 bits per heavy atom. The maximum Gasteiger partial charge on any atom is 0.253 e. The quantitative estimate of drug-likeness (QED) is 0.842. The van der Waals surface area contributed by atoms with Crippen LogP contribution in [0.4, 0.5) is 0 Å². The minimum Gasteiger partial charge on any atom is -0.339 e. The van der Waals surface area contributed by atoms with Crippen molar-refractivity contribution in [2.75, 3.05) is 13.1 Å². The van der Waals surface area contributed by atoms with E-state index in [-0.39, 0.29) is 5.91 Å². The molecule has 1 saturated heterocycles. The molecule has 1 aromatic carbocycles. The maximum atomic E-state index is 12.3. The molecular weight excluding hydrogens is 254 g/mol. The zero-order valence-corrected chi connectivity index (χ0v) is 11.5. The summed E-state index contributed by atoms with van der Waals surface area (Å²) in [6.07, 6.45) is 3.43. The molecule has 0 N–H and O–H groups in total. The second-order valence-corrected chi connectivity index (χ2v) is 5.07. The van der Waals surface area contributed by atoms with Crippen LogP contribution in [-0.2, 0) is 0 Å². The van der Waals surface area contributed by atoms with Gasteiger partial charge in [-0.2, -0.15) is 4.98 Å². The minimum atomic E-state index is 0.112. The molecule has 1 amide bonds. The van der Waals surface area contributed by atoms with Gasteiger partial charge in [0.2, 0.25) is 11.7 Å². The van der Waals surface area contributed by atoms with Gasteiger partial charge in [0.05, 0.1) is 0 Å². The Balaban J connectivity index is 1.77. The van der Waals surface area contributed by atoms with Gasteiger partial charge in [-0.15, -0.1) is 0 Å². The maximum absolute atomic E-state index is 12.3. The fourth-order valence-electron chi connectivity index (χ4n) is 2.46. The second-order valence-electron chi connectivity index (χ2n) is 5.07. The highest BCUT2D eigenvalue weighted by Crippen LogP contribution is 2.18. The Kier molecular flexibility index (Phi) is 3.50. The molecule has 1 fully saturated rings. The van der Waals surface area contributed by atoms with E-state index < -0.39 is 0 Å². The third-order valence-corrected chi connectivity index (χ3v) is 3.56. The van der Waals surface area contributed by atoms with Gasteiger partial charge in [0.1, 0.15) is 0 Å². The molecule has 20 heavy (non-hydrogen) atoms. The summed E-state index contributed by atoms with van der Waals surface area (Å²) in [5.74, 6) is 1.20. The van der Waals surface area contributed by atoms with Gasteiger partial charge in [-0.3, -0.25) is 4.79 Å². The topological polar surface area (TPSA) is 59.2 Å². The lowest BCUT2D eigenvalue weighted by molar-refractivity contribution is 0.0724. The third-order valence-electron chi connectivity index (χ3n) is 3.56. The molecular formula is C15H17N3O2. The Labute approximate surface area is 117 Å². The first kappa shape index (κ1) is 12.8. The molecule has 1 aliphatic rings. The van der Waals surface area contributed by atoms with Crippen molar-refractivity contribution in [2.24, 2.45) is 0 Å². The van der Waals surface area contributed by atoms with E-state index in [0.717, 1.165) is 37.1 Å². The van der Waals surface area contributed by atoms with E-state index in [0.29, 0.717) is 11.7 Å². The van der Waals surface area contributed by atoms with Crippen LogP contribution < -0.4 is 0 Å². The second kappa shape index (κ2) is 5.45. The van der Waals surface area contributed by atoms with Gasteiger partial charge in [-0.05, 0) is 31.4 Å². The largest absolute Gasteiger partial charge is 0.339 e. The summed E-state index contributed by atoms with van der Waals surface area (Å²) in [5.41, 5.74) is 1.58. The van der Waals surface area contributed by atoms with Crippen molar-refractivity contribution in [1.29, 1.82) is 0 Å². The van der Waals surface area contributed by atoms with E-state index in [1.54, 1.807) is 6.92 Å². The molecule has 104 valence electrons. The Morgan fingerprint density at radius 3 is 2.45 bits per heavy atom. The molecule has 2 aromatic rings. The highest BCUT2D eigenvalue weighted by atomic mass is 16.5. The molecule has 1 aliphatic heterocycles. The van der Waals surface area contributed by atoms with Gasteiger partial charge < -0.3 is 9.42 Å². The zero-order chi connectivity index (χ0) is 13.9. The van der Waals surface area contributed by atoms with Crippen molar-refractivity contribution in [3.8, 4) is 11.4 Å². The van der Waals surface area contributed by atoms with Crippen LogP contribution in [0.1, 0.15) is 35.5 Å². The van der Waals surface area contributed by atoms with E-state index in [1.807, 2.05) is 29.2 Å². The SMILES string of the molecule is Cc1nc(-c2ccc(C(=O)N3CCCCC3)cc2)no1. The van der Waals surface area contributed by atoms with Crippen LogP contribution in [0.25, 0.3) is 11.4 Å². The number of piperidine rings is 1. The summed E-state index contributed by atoms with van der Waals surface area (Å²) >= 11 is 0. The monoisotopic (exact) mass is 271 g/mol. The van der Waals surface area contributed by atoms with Gasteiger partial charge >= 0.3 is 0 Å². The van der Waals surface area contributed by atoms with Gasteiger partial charge in [-0.1, -0.05) is 17.3 Å². The molecule has 3 rings (SSSR count). The van der Waals surface area contributed by atoms with Crippen LogP contribution in [-0.4, -0.2) is 34.0 Å². The molecule has 0 spiro atoms. The first-order valence-corrected chi connectivity index (χ1v) is 6.94. The number of benzene rings is 1. The number of rotatable bonds is 2. The van der Waals surface area contributed by atoms with Crippen molar-refractivity contribution < 1.29 is 9.32 Å². The molecule has 5 nitrogen and oxygen atoms in total. The number of aryl methyl sites for hydroxylation is 1. The molecule has 5 heteroatoms. The molecule has 0 unspecified atom stereocenters. The molecule has 2 heterocycles. The number of amides is 1. The van der Waals surface area contributed by atoms with Crippen LogP contribution in [0.3, 0.4) is 0 Å². The predicted molar refractivity (Wildman–Crippen MR) is 74.2 cm³/mol. The van der Waals surface area contributed by atoms with Crippen LogP contribution in [0.2, 0.25) is 0 Å². The first-order valence-electron chi connectivity index (χ1n) is 6.94. The average molecular weight is 271 g/mol. The van der Waals surface area contributed by atoms with Crippen LogP contribution >= 0.6 is 0 Å². The van der Waals surface area contributed by atoms with Gasteiger partial charge in [-0.25, -0.2) is 0 Å². The summed E-state index contributed by atoms with van der Waals surface area (Å²) in [7, 11) is 0. The summed E-state index contributed by atoms with van der Waals surface area (Å²) in [5, 5.41) is 3.87. The smallest absolute Gasteiger partial charge is 0.253 e. The number of hydrogen-bond donors (Lipinski definition) is 0. The van der Waals surface area contributed by atoms with E-state index in [2.05, 4.69) is 10.1 Å². The number of likely N-dealkylation sites (tertiary alicyclic amines) is 1. The van der Waals surface area contributed by atoms with Crippen molar-refractivity contribution >= 4 is 5.91 Å².